The van der Waals surface area contributed by atoms with Gasteiger partial charge in [-0.25, -0.2) is 19.4 Å². The third kappa shape index (κ3) is 3.70. The zero-order valence-electron chi connectivity index (χ0n) is 15.5. The molecule has 0 bridgehead atoms. The molecule has 28 heavy (non-hydrogen) atoms. The van der Waals surface area contributed by atoms with Crippen LogP contribution in [0.1, 0.15) is 21.9 Å². The summed E-state index contributed by atoms with van der Waals surface area (Å²) in [4.78, 5) is 20.9. The van der Waals surface area contributed by atoms with Gasteiger partial charge in [-0.05, 0) is 19.1 Å². The van der Waals surface area contributed by atoms with E-state index >= 15 is 0 Å². The third-order valence-corrected chi connectivity index (χ3v) is 5.17. The first-order chi connectivity index (χ1) is 13.6. The quantitative estimate of drug-likeness (QED) is 0.478. The van der Waals surface area contributed by atoms with Gasteiger partial charge in [-0.1, -0.05) is 42.5 Å². The van der Waals surface area contributed by atoms with Crippen LogP contribution in [0.15, 0.2) is 60.0 Å². The first-order valence-electron chi connectivity index (χ1n) is 8.74. The molecule has 0 N–H and O–H groups in total. The molecule has 0 aliphatic rings. The molecule has 0 saturated carbocycles. The van der Waals surface area contributed by atoms with Crippen molar-refractivity contribution in [1.82, 2.24) is 19.7 Å². The van der Waals surface area contributed by atoms with Crippen LogP contribution in [0.25, 0.3) is 22.0 Å². The fourth-order valence-corrected chi connectivity index (χ4v) is 3.72. The van der Waals surface area contributed by atoms with Crippen LogP contribution in [0, 0.1) is 6.92 Å². The van der Waals surface area contributed by atoms with E-state index in [-0.39, 0.29) is 5.97 Å². The molecule has 4 aromatic rings. The molecule has 0 spiro atoms. The second-order valence-electron chi connectivity index (χ2n) is 6.22. The highest BCUT2D eigenvalue weighted by molar-refractivity contribution is 7.13. The molecule has 2 aromatic heterocycles. The number of thiazole rings is 1. The minimum Gasteiger partial charge on any atom is -0.465 e. The highest BCUT2D eigenvalue weighted by Crippen LogP contribution is 2.25. The van der Waals surface area contributed by atoms with Gasteiger partial charge in [0.2, 0.25) is 0 Å². The van der Waals surface area contributed by atoms with Gasteiger partial charge in [-0.3, -0.25) is 0 Å². The second kappa shape index (κ2) is 7.74. The number of benzene rings is 2. The van der Waals surface area contributed by atoms with E-state index in [0.29, 0.717) is 12.1 Å². The largest absolute Gasteiger partial charge is 0.465 e. The lowest BCUT2D eigenvalue weighted by atomic mass is 10.1. The molecule has 2 heterocycles. The molecule has 0 amide bonds. The smallest absolute Gasteiger partial charge is 0.337 e. The predicted octanol–water partition coefficient (Wildman–Crippen LogP) is 4.21. The molecule has 0 radical (unpaired) electrons. The number of esters is 1. The second-order valence-corrected chi connectivity index (χ2v) is 7.08. The molecule has 0 atom stereocenters. The number of ether oxygens (including phenoxy) is 1. The van der Waals surface area contributed by atoms with E-state index in [1.165, 1.54) is 7.11 Å². The fraction of sp³-hybridized carbons (Fsp3) is 0.143. The van der Waals surface area contributed by atoms with Crippen LogP contribution in [-0.4, -0.2) is 32.8 Å². The fourth-order valence-electron chi connectivity index (χ4n) is 2.90. The Balaban J connectivity index is 1.57. The van der Waals surface area contributed by atoms with E-state index in [0.717, 1.165) is 33.5 Å². The Labute approximate surface area is 166 Å². The first kappa shape index (κ1) is 18.1. The topological polar surface area (TPSA) is 69.9 Å². The molecule has 0 unspecified atom stereocenters. The van der Waals surface area contributed by atoms with Gasteiger partial charge in [-0.15, -0.1) is 11.3 Å². The van der Waals surface area contributed by atoms with Crippen LogP contribution in [0.3, 0.4) is 0 Å². The minimum atomic E-state index is -0.346. The van der Waals surface area contributed by atoms with Crippen molar-refractivity contribution in [3.63, 3.8) is 0 Å². The number of aromatic nitrogens is 4. The van der Waals surface area contributed by atoms with E-state index in [9.17, 15) is 4.79 Å². The van der Waals surface area contributed by atoms with Crippen molar-refractivity contribution < 1.29 is 9.53 Å². The average molecular weight is 390 g/mol. The number of methoxy groups -OCH3 is 1. The van der Waals surface area contributed by atoms with Gasteiger partial charge in [0.1, 0.15) is 10.8 Å². The SMILES string of the molecule is COC(=O)c1ccc(-c2nc(Cn3nc(C)nc3-c3ccccc3)cs2)cc1. The van der Waals surface area contributed by atoms with E-state index < -0.39 is 0 Å². The molecule has 0 aliphatic heterocycles. The molecular formula is C21H18N4O2S. The number of aryl methyl sites for hydroxylation is 1. The van der Waals surface area contributed by atoms with E-state index in [4.69, 9.17) is 9.72 Å². The molecule has 4 rings (SSSR count). The Morgan fingerprint density at radius 2 is 1.79 bits per heavy atom. The third-order valence-electron chi connectivity index (χ3n) is 4.23. The van der Waals surface area contributed by atoms with Gasteiger partial charge >= 0.3 is 5.97 Å². The van der Waals surface area contributed by atoms with Gasteiger partial charge in [0.25, 0.3) is 0 Å². The number of carbonyl (C=O) groups excluding carboxylic acids is 1. The summed E-state index contributed by atoms with van der Waals surface area (Å²) in [6.07, 6.45) is 0. The predicted molar refractivity (Wildman–Crippen MR) is 108 cm³/mol. The van der Waals surface area contributed by atoms with Crippen molar-refractivity contribution in [3.05, 3.63) is 77.1 Å². The normalized spacial score (nSPS) is 10.8. The Hall–Kier alpha value is -3.32. The zero-order valence-corrected chi connectivity index (χ0v) is 16.3. The van der Waals surface area contributed by atoms with Crippen LogP contribution in [0.4, 0.5) is 0 Å². The summed E-state index contributed by atoms with van der Waals surface area (Å²) in [5.74, 6) is 1.21. The summed E-state index contributed by atoms with van der Waals surface area (Å²) in [5.41, 5.74) is 3.42. The number of rotatable bonds is 5. The van der Waals surface area contributed by atoms with Crippen LogP contribution in [0.2, 0.25) is 0 Å². The summed E-state index contributed by atoms with van der Waals surface area (Å²) in [5, 5.41) is 7.44. The lowest BCUT2D eigenvalue weighted by Gasteiger charge is -2.04. The highest BCUT2D eigenvalue weighted by Gasteiger charge is 2.13. The van der Waals surface area contributed by atoms with E-state index in [1.807, 2.05) is 59.5 Å². The number of hydrogen-bond acceptors (Lipinski definition) is 6. The first-order valence-corrected chi connectivity index (χ1v) is 9.62. The van der Waals surface area contributed by atoms with Crippen molar-refractivity contribution in [2.24, 2.45) is 0 Å². The number of nitrogens with zero attached hydrogens (tertiary/aromatic N) is 4. The van der Waals surface area contributed by atoms with E-state index in [2.05, 4.69) is 10.1 Å². The molecule has 2 aromatic carbocycles. The maximum atomic E-state index is 11.6. The Morgan fingerprint density at radius 1 is 1.04 bits per heavy atom. The van der Waals surface area contributed by atoms with Crippen LogP contribution in [0.5, 0.6) is 0 Å². The van der Waals surface area contributed by atoms with Gasteiger partial charge in [0.05, 0.1) is 24.9 Å². The Morgan fingerprint density at radius 3 is 2.50 bits per heavy atom. The summed E-state index contributed by atoms with van der Waals surface area (Å²) in [7, 11) is 1.37. The summed E-state index contributed by atoms with van der Waals surface area (Å²) >= 11 is 1.56. The molecule has 0 saturated heterocycles. The maximum Gasteiger partial charge on any atom is 0.337 e. The molecule has 7 heteroatoms. The lowest BCUT2D eigenvalue weighted by molar-refractivity contribution is 0.0601. The van der Waals surface area contributed by atoms with Crippen molar-refractivity contribution in [2.75, 3.05) is 7.11 Å². The van der Waals surface area contributed by atoms with Crippen molar-refractivity contribution in [2.45, 2.75) is 13.5 Å². The van der Waals surface area contributed by atoms with Gasteiger partial charge in [0, 0.05) is 16.5 Å². The Kier molecular flexibility index (Phi) is 4.99. The lowest BCUT2D eigenvalue weighted by Crippen LogP contribution is -2.04. The Bertz CT molecular complexity index is 1100. The molecular weight excluding hydrogens is 372 g/mol. The van der Waals surface area contributed by atoms with Crippen LogP contribution in [-0.2, 0) is 11.3 Å². The van der Waals surface area contributed by atoms with Crippen molar-refractivity contribution >= 4 is 17.3 Å². The maximum absolute atomic E-state index is 11.6. The highest BCUT2D eigenvalue weighted by atomic mass is 32.1. The number of hydrogen-bond donors (Lipinski definition) is 0. The standard InChI is InChI=1S/C21H18N4O2S/c1-14-22-19(15-6-4-3-5-7-15)25(24-14)12-18-13-28-20(23-18)16-8-10-17(11-9-16)21(26)27-2/h3-11,13H,12H2,1-2H3. The van der Waals surface area contributed by atoms with Crippen molar-refractivity contribution in [1.29, 1.82) is 0 Å². The average Bonchev–Trinajstić information content (AvgIpc) is 3.35. The van der Waals surface area contributed by atoms with Gasteiger partial charge in [0.15, 0.2) is 5.82 Å². The molecule has 0 fully saturated rings. The van der Waals surface area contributed by atoms with Crippen molar-refractivity contribution in [3.8, 4) is 22.0 Å². The van der Waals surface area contributed by atoms with Crippen LogP contribution >= 0.6 is 11.3 Å². The summed E-state index contributed by atoms with van der Waals surface area (Å²) < 4.78 is 6.61. The summed E-state index contributed by atoms with van der Waals surface area (Å²) in [6.45, 7) is 2.43. The summed E-state index contributed by atoms with van der Waals surface area (Å²) in [6, 6.07) is 17.3. The monoisotopic (exact) mass is 390 g/mol. The molecule has 140 valence electrons. The van der Waals surface area contributed by atoms with Gasteiger partial charge in [-0.2, -0.15) is 5.10 Å². The number of carbonyl (C=O) groups is 1. The van der Waals surface area contributed by atoms with Gasteiger partial charge < -0.3 is 4.74 Å². The zero-order chi connectivity index (χ0) is 19.5. The molecule has 0 aliphatic carbocycles. The van der Waals surface area contributed by atoms with Crippen LogP contribution < -0.4 is 0 Å². The minimum absolute atomic E-state index is 0.346. The molecule has 6 nitrogen and oxygen atoms in total. The van der Waals surface area contributed by atoms with E-state index in [1.54, 1.807) is 23.5 Å².